The van der Waals surface area contributed by atoms with Crippen LogP contribution in [0.3, 0.4) is 0 Å². The van der Waals surface area contributed by atoms with E-state index in [0.29, 0.717) is 24.9 Å². The number of aliphatic hydroxyl groups is 1. The first-order valence-corrected chi connectivity index (χ1v) is 17.9. The average Bonchev–Trinajstić information content (AvgIpc) is 3.72. The van der Waals surface area contributed by atoms with Gasteiger partial charge in [-0.05, 0) is 0 Å². The molecule has 3 aromatic rings. The number of nitrogen functional groups attached to an aromatic ring is 1. The predicted octanol–water partition coefficient (Wildman–Crippen LogP) is -0.534. The zero-order chi connectivity index (χ0) is 31.0. The summed E-state index contributed by atoms with van der Waals surface area (Å²) in [5, 5.41) is 20.5. The molecule has 1 fully saturated rings. The number of ether oxygens (including phenoxy) is 1. The van der Waals surface area contributed by atoms with Crippen molar-refractivity contribution in [2.24, 2.45) is 5.73 Å². The molecule has 20 nitrogen and oxygen atoms in total. The van der Waals surface area contributed by atoms with Crippen molar-refractivity contribution >= 4 is 67.7 Å². The van der Waals surface area contributed by atoms with Crippen LogP contribution in [-0.4, -0.2) is 60.0 Å². The van der Waals surface area contributed by atoms with Gasteiger partial charge >= 0.3 is 14.3 Å². The van der Waals surface area contributed by atoms with Crippen LogP contribution in [0.25, 0.3) is 17.0 Å². The van der Waals surface area contributed by atoms with Crippen molar-refractivity contribution in [3.8, 4) is 5.75 Å². The van der Waals surface area contributed by atoms with Crippen molar-refractivity contribution in [1.82, 2.24) is 35.5 Å². The van der Waals surface area contributed by atoms with E-state index in [1.54, 1.807) is 4.90 Å². The number of fused-ring (bicyclic) bond motifs is 5. The Hall–Kier alpha value is -3.59. The highest BCUT2D eigenvalue weighted by Crippen LogP contribution is 2.67. The Morgan fingerprint density at radius 3 is 2.80 bits per heavy atom. The van der Waals surface area contributed by atoms with Crippen LogP contribution in [0.1, 0.15) is 5.76 Å². The minimum absolute atomic E-state index is 0.00838. The fraction of sp³-hybridized carbons (Fsp3) is 0.250. The quantitative estimate of drug-likeness (QED) is 0.119. The number of anilines is 2. The Balaban J connectivity index is 1.25. The zero-order valence-corrected chi connectivity index (χ0v) is 25.5. The molecule has 7 rings (SSSR count). The summed E-state index contributed by atoms with van der Waals surface area (Å²) >= 11 is 8.33. The lowest BCUT2D eigenvalue weighted by Gasteiger charge is -2.28. The summed E-state index contributed by atoms with van der Waals surface area (Å²) < 4.78 is 35.3. The maximum absolute atomic E-state index is 12.3. The molecule has 4 aliphatic rings. The first-order chi connectivity index (χ1) is 20.9. The predicted molar refractivity (Wildman–Crippen MR) is 160 cm³/mol. The molecule has 0 aromatic carbocycles. The van der Waals surface area contributed by atoms with Gasteiger partial charge < -0.3 is 41.3 Å². The largest absolute Gasteiger partial charge is 0.563 e. The number of H-pyrrole nitrogens is 1. The second-order valence-corrected chi connectivity index (χ2v) is 15.3. The molecule has 0 amide bonds. The van der Waals surface area contributed by atoms with Gasteiger partial charge in [-0.15, -0.1) is 0 Å². The number of hydrogen-bond acceptors (Lipinski definition) is 20. The molecule has 24 heteroatoms. The standard InChI is InChI=1S/C20H23N10O10P2S2/c21-15-11-16(24-4-23-15)29(5-25-11)10-1-7-8(37-10)2-35-42(34,44)40-14-13(31)9(3-36-41(33,43)39-7)38-19(14)30-6-26-12-17(30)27-20(22)28-18(12)32/h1,3,6,13,16,23-25,31,33-34,43-44H,2,4-5,21H2,(H2-,22,27,28,32)/q+1/p+1/b9-3+/t13-,16?,41?,42?/m1/s1. The highest BCUT2D eigenvalue weighted by Gasteiger charge is 2.50. The van der Waals surface area contributed by atoms with Gasteiger partial charge in [0.05, 0.1) is 25.1 Å². The van der Waals surface area contributed by atoms with Gasteiger partial charge in [0.25, 0.3) is 17.2 Å². The molecular formula is C20H24N10O10P2S2+2. The van der Waals surface area contributed by atoms with Gasteiger partial charge in [-0.3, -0.25) is 28.7 Å². The van der Waals surface area contributed by atoms with E-state index in [1.165, 1.54) is 6.07 Å². The summed E-state index contributed by atoms with van der Waals surface area (Å²) in [5.74, 6) is -0.517. The Morgan fingerprint density at radius 1 is 1.16 bits per heavy atom. The highest BCUT2D eigenvalue weighted by molar-refractivity contribution is 8.47. The van der Waals surface area contributed by atoms with Gasteiger partial charge in [-0.2, -0.15) is 19.3 Å². The van der Waals surface area contributed by atoms with Crippen molar-refractivity contribution in [3.05, 3.63) is 57.8 Å². The van der Waals surface area contributed by atoms with E-state index < -0.39 is 38.3 Å². The second kappa shape index (κ2) is 10.5. The summed E-state index contributed by atoms with van der Waals surface area (Å²) in [6.07, 6.45) is -0.0800. The van der Waals surface area contributed by atoms with Crippen molar-refractivity contribution in [2.45, 2.75) is 18.9 Å². The Morgan fingerprint density at radius 2 is 1.98 bits per heavy atom. The van der Waals surface area contributed by atoms with Crippen LogP contribution >= 0.6 is 38.8 Å². The minimum atomic E-state index is -4.12. The average molecular weight is 691 g/mol. The highest BCUT2D eigenvalue weighted by atomic mass is 32.7. The van der Waals surface area contributed by atoms with E-state index in [-0.39, 0.29) is 52.3 Å². The summed E-state index contributed by atoms with van der Waals surface area (Å²) in [6, 6.07) is 1.47. The van der Waals surface area contributed by atoms with Crippen LogP contribution < -0.4 is 42.4 Å². The molecule has 11 N–H and O–H groups in total. The number of aliphatic hydroxyl groups excluding tert-OH is 1. The van der Waals surface area contributed by atoms with E-state index >= 15 is 0 Å². The number of hydrogen-bond donors (Lipinski definition) is 11. The maximum Gasteiger partial charge on any atom is 0.563 e. The van der Waals surface area contributed by atoms with Crippen molar-refractivity contribution in [3.63, 3.8) is 0 Å². The van der Waals surface area contributed by atoms with E-state index in [1.807, 2.05) is 0 Å². The SMILES string of the molecule is NC1=C2NCN(c3cc4c(o3)CO[P+](O)(S)OC3=C(n5cnc6c(=O)[nH]c(N)nc65)O/C(=C/O[P+](O)(S)O4)[C@H]3O)C2NCN1. The Kier molecular flexibility index (Phi) is 6.95. The number of nitrogens with two attached hydrogens (primary N) is 2. The Bertz CT molecular complexity index is 1820. The third-order valence-corrected chi connectivity index (χ3v) is 9.46. The molecule has 0 spiro atoms. The molecule has 4 aliphatic heterocycles. The van der Waals surface area contributed by atoms with Crippen molar-refractivity contribution < 1.29 is 42.1 Å². The number of imidazole rings is 1. The normalized spacial score (nSPS) is 29.8. The first kappa shape index (κ1) is 29.1. The summed E-state index contributed by atoms with van der Waals surface area (Å²) in [6.45, 7) is 0.223. The monoisotopic (exact) mass is 690 g/mol. The van der Waals surface area contributed by atoms with Gasteiger partial charge in [0.1, 0.15) is 42.8 Å². The summed E-state index contributed by atoms with van der Waals surface area (Å²) in [4.78, 5) is 46.5. The molecule has 3 aromatic heterocycles. The molecule has 234 valence electrons. The number of furan rings is 1. The van der Waals surface area contributed by atoms with Crippen LogP contribution in [-0.2, 0) is 24.9 Å². The molecule has 7 heterocycles. The van der Waals surface area contributed by atoms with Crippen molar-refractivity contribution in [1.29, 1.82) is 0 Å². The van der Waals surface area contributed by atoms with Gasteiger partial charge in [0.15, 0.2) is 41.7 Å². The second-order valence-electron chi connectivity index (χ2n) is 9.44. The van der Waals surface area contributed by atoms with Gasteiger partial charge in [0.2, 0.25) is 17.6 Å². The smallest absolute Gasteiger partial charge is 0.439 e. The minimum Gasteiger partial charge on any atom is -0.439 e. The van der Waals surface area contributed by atoms with E-state index in [0.717, 1.165) is 17.2 Å². The molecule has 4 atom stereocenters. The van der Waals surface area contributed by atoms with Crippen LogP contribution in [0.2, 0.25) is 0 Å². The molecule has 0 radical (unpaired) electrons. The summed E-state index contributed by atoms with van der Waals surface area (Å²) in [7, 11) is -8.13. The van der Waals surface area contributed by atoms with Gasteiger partial charge in [-0.25, -0.2) is 9.55 Å². The molecule has 0 aliphatic carbocycles. The lowest BCUT2D eigenvalue weighted by atomic mass is 10.3. The van der Waals surface area contributed by atoms with Crippen LogP contribution in [0.15, 0.2) is 50.9 Å². The number of nitrogens with one attached hydrogen (secondary N) is 4. The molecule has 2 bridgehead atoms. The molecule has 3 unspecified atom stereocenters. The number of aromatic amines is 1. The van der Waals surface area contributed by atoms with E-state index in [4.69, 9.17) is 38.7 Å². The number of nitrogens with zero attached hydrogens (tertiary/aromatic N) is 4. The Labute approximate surface area is 257 Å². The van der Waals surface area contributed by atoms with Crippen LogP contribution in [0.4, 0.5) is 11.8 Å². The van der Waals surface area contributed by atoms with E-state index in [2.05, 4.69) is 55.4 Å². The summed E-state index contributed by atoms with van der Waals surface area (Å²) in [5.41, 5.74) is 11.7. The topological polar surface area (TPSA) is 275 Å². The molecule has 44 heavy (non-hydrogen) atoms. The fourth-order valence-electron chi connectivity index (χ4n) is 4.68. The first-order valence-electron chi connectivity index (χ1n) is 12.4. The maximum atomic E-state index is 12.3. The number of rotatable bonds is 2. The number of aromatic nitrogens is 4. The third kappa shape index (κ3) is 5.13. The van der Waals surface area contributed by atoms with Crippen LogP contribution in [0.5, 0.6) is 5.75 Å². The third-order valence-electron chi connectivity index (χ3n) is 6.62. The van der Waals surface area contributed by atoms with Crippen molar-refractivity contribution in [2.75, 3.05) is 24.0 Å². The molecule has 1 saturated heterocycles. The fourth-order valence-corrected chi connectivity index (χ4v) is 6.99. The molecular weight excluding hydrogens is 666 g/mol. The van der Waals surface area contributed by atoms with Gasteiger partial charge in [-0.1, -0.05) is 0 Å². The van der Waals surface area contributed by atoms with Gasteiger partial charge in [0, 0.05) is 0 Å². The molecule has 0 saturated carbocycles. The zero-order valence-electron chi connectivity index (χ0n) is 21.9. The number of thiol groups is 2. The lowest BCUT2D eigenvalue weighted by Crippen LogP contribution is -2.51. The lowest BCUT2D eigenvalue weighted by molar-refractivity contribution is 0.147. The van der Waals surface area contributed by atoms with E-state index in [9.17, 15) is 19.7 Å². The van der Waals surface area contributed by atoms with Crippen LogP contribution in [0, 0.1) is 0 Å².